The standard InChI is InChI=1S/C27H26N2O6S/c1-34-24-13-10-18(14-25(24)35-2)29-36(32,33)19-11-12-23-22(15-19)20-4-3-5-21(20)26(28-23)16-6-8-17(9-7-16)27(30)31/h3-4,6-15,20-21,26,28-29H,5H2,1-2H3,(H,30,31)/t20-,21+,26+/m0/s1. The Morgan fingerprint density at radius 1 is 1.00 bits per heavy atom. The van der Waals surface area contributed by atoms with Crippen LogP contribution in [0.25, 0.3) is 0 Å². The Labute approximate surface area is 209 Å². The summed E-state index contributed by atoms with van der Waals surface area (Å²) in [4.78, 5) is 11.4. The van der Waals surface area contributed by atoms with Crippen LogP contribution in [0, 0.1) is 5.92 Å². The van der Waals surface area contributed by atoms with Gasteiger partial charge in [-0.2, -0.15) is 0 Å². The maximum absolute atomic E-state index is 13.2. The van der Waals surface area contributed by atoms with Gasteiger partial charge in [-0.25, -0.2) is 13.2 Å². The Morgan fingerprint density at radius 3 is 2.44 bits per heavy atom. The maximum atomic E-state index is 13.2. The maximum Gasteiger partial charge on any atom is 0.335 e. The number of carboxylic acid groups (broad SMARTS) is 1. The lowest BCUT2D eigenvalue weighted by Gasteiger charge is -2.37. The molecule has 8 nitrogen and oxygen atoms in total. The normalized spacial score (nSPS) is 20.1. The van der Waals surface area contributed by atoms with E-state index in [0.717, 1.165) is 23.2 Å². The lowest BCUT2D eigenvalue weighted by molar-refractivity contribution is 0.0697. The first kappa shape index (κ1) is 23.7. The van der Waals surface area contributed by atoms with Gasteiger partial charge in [0.15, 0.2) is 11.5 Å². The number of hydrogen-bond acceptors (Lipinski definition) is 6. The molecule has 0 spiro atoms. The second kappa shape index (κ2) is 9.23. The van der Waals surface area contributed by atoms with Crippen molar-refractivity contribution < 1.29 is 27.8 Å². The van der Waals surface area contributed by atoms with Crippen LogP contribution in [0.15, 0.2) is 77.7 Å². The van der Waals surface area contributed by atoms with E-state index in [9.17, 15) is 18.3 Å². The first-order valence-electron chi connectivity index (χ1n) is 11.5. The number of methoxy groups -OCH3 is 2. The molecule has 3 atom stereocenters. The summed E-state index contributed by atoms with van der Waals surface area (Å²) in [5.74, 6) is 0.200. The summed E-state index contributed by atoms with van der Waals surface area (Å²) in [5, 5.41) is 12.8. The molecular formula is C27H26N2O6S. The lowest BCUT2D eigenvalue weighted by atomic mass is 9.77. The second-order valence-electron chi connectivity index (χ2n) is 8.83. The predicted octanol–water partition coefficient (Wildman–Crippen LogP) is 5.03. The zero-order valence-electron chi connectivity index (χ0n) is 19.8. The fourth-order valence-corrected chi connectivity index (χ4v) is 6.10. The average Bonchev–Trinajstić information content (AvgIpc) is 3.38. The number of sulfonamides is 1. The molecule has 3 aromatic carbocycles. The van der Waals surface area contributed by atoms with Gasteiger partial charge in [-0.15, -0.1) is 0 Å². The smallest absolute Gasteiger partial charge is 0.335 e. The zero-order chi connectivity index (χ0) is 25.4. The SMILES string of the molecule is COc1ccc(NS(=O)(=O)c2ccc3c(c2)[C@H]2C=CC[C@H]2[C@@H](c2ccc(C(=O)O)cc2)N3)cc1OC. The predicted molar refractivity (Wildman–Crippen MR) is 137 cm³/mol. The Morgan fingerprint density at radius 2 is 1.75 bits per heavy atom. The van der Waals surface area contributed by atoms with Crippen molar-refractivity contribution in [2.24, 2.45) is 5.92 Å². The summed E-state index contributed by atoms with van der Waals surface area (Å²) < 4.78 is 39.6. The van der Waals surface area contributed by atoms with E-state index in [-0.39, 0.29) is 28.3 Å². The summed E-state index contributed by atoms with van der Waals surface area (Å²) in [6, 6.07) is 16.8. The Hall–Kier alpha value is -3.98. The molecule has 3 N–H and O–H groups in total. The van der Waals surface area contributed by atoms with Crippen LogP contribution in [-0.2, 0) is 10.0 Å². The molecule has 36 heavy (non-hydrogen) atoms. The highest BCUT2D eigenvalue weighted by atomic mass is 32.2. The minimum atomic E-state index is -3.85. The van der Waals surface area contributed by atoms with Gasteiger partial charge < -0.3 is 19.9 Å². The van der Waals surface area contributed by atoms with Crippen LogP contribution in [0.1, 0.15) is 39.9 Å². The highest BCUT2D eigenvalue weighted by molar-refractivity contribution is 7.92. The van der Waals surface area contributed by atoms with Crippen LogP contribution in [0.5, 0.6) is 11.5 Å². The number of carbonyl (C=O) groups is 1. The first-order valence-corrected chi connectivity index (χ1v) is 12.9. The third kappa shape index (κ3) is 4.26. The van der Waals surface area contributed by atoms with Gasteiger partial charge in [0.05, 0.1) is 36.4 Å². The number of anilines is 2. The number of nitrogens with one attached hydrogen (secondary N) is 2. The van der Waals surface area contributed by atoms with Gasteiger partial charge in [-0.1, -0.05) is 24.3 Å². The zero-order valence-corrected chi connectivity index (χ0v) is 20.6. The lowest BCUT2D eigenvalue weighted by Crippen LogP contribution is -2.29. The number of ether oxygens (including phenoxy) is 2. The van der Waals surface area contributed by atoms with E-state index < -0.39 is 16.0 Å². The van der Waals surface area contributed by atoms with Crippen molar-refractivity contribution in [3.05, 3.63) is 89.5 Å². The largest absolute Gasteiger partial charge is 0.493 e. The highest BCUT2D eigenvalue weighted by Gasteiger charge is 2.38. The van der Waals surface area contributed by atoms with E-state index in [4.69, 9.17) is 9.47 Å². The number of hydrogen-bond donors (Lipinski definition) is 3. The van der Waals surface area contributed by atoms with Crippen LogP contribution < -0.4 is 19.5 Å². The Kier molecular flexibility index (Phi) is 6.09. The molecule has 0 saturated heterocycles. The van der Waals surface area contributed by atoms with Crippen LogP contribution in [0.4, 0.5) is 11.4 Å². The molecule has 0 fully saturated rings. The molecule has 5 rings (SSSR count). The molecule has 9 heteroatoms. The van der Waals surface area contributed by atoms with E-state index in [1.165, 1.54) is 14.2 Å². The van der Waals surface area contributed by atoms with Crippen molar-refractivity contribution >= 4 is 27.4 Å². The summed E-state index contributed by atoms with van der Waals surface area (Å²) in [6.07, 6.45) is 5.08. The molecule has 0 unspecified atom stereocenters. The average molecular weight is 507 g/mol. The van der Waals surface area contributed by atoms with Gasteiger partial charge >= 0.3 is 5.97 Å². The number of allylic oxidation sites excluding steroid dienone is 2. The molecule has 0 saturated carbocycles. The van der Waals surface area contributed by atoms with E-state index >= 15 is 0 Å². The van der Waals surface area contributed by atoms with E-state index in [1.807, 2.05) is 12.1 Å². The van der Waals surface area contributed by atoms with Gasteiger partial charge in [-0.3, -0.25) is 4.72 Å². The minimum Gasteiger partial charge on any atom is -0.493 e. The summed E-state index contributed by atoms with van der Waals surface area (Å²) in [7, 11) is -0.843. The van der Waals surface area contributed by atoms with E-state index in [2.05, 4.69) is 22.2 Å². The summed E-state index contributed by atoms with van der Waals surface area (Å²) in [5.41, 5.74) is 3.39. The van der Waals surface area contributed by atoms with E-state index in [1.54, 1.807) is 48.5 Å². The molecule has 1 aliphatic carbocycles. The molecule has 0 aromatic heterocycles. The summed E-state index contributed by atoms with van der Waals surface area (Å²) in [6.45, 7) is 0. The second-order valence-corrected chi connectivity index (χ2v) is 10.5. The number of fused-ring (bicyclic) bond motifs is 3. The van der Waals surface area contributed by atoms with Crippen molar-refractivity contribution in [1.29, 1.82) is 0 Å². The van der Waals surface area contributed by atoms with Crippen molar-refractivity contribution in [1.82, 2.24) is 0 Å². The topological polar surface area (TPSA) is 114 Å². The van der Waals surface area contributed by atoms with Gasteiger partial charge in [0.1, 0.15) is 0 Å². The summed E-state index contributed by atoms with van der Waals surface area (Å²) >= 11 is 0. The fourth-order valence-electron chi connectivity index (χ4n) is 5.02. The first-order chi connectivity index (χ1) is 17.3. The molecule has 0 amide bonds. The monoisotopic (exact) mass is 506 g/mol. The molecular weight excluding hydrogens is 480 g/mol. The van der Waals surface area contributed by atoms with Crippen LogP contribution in [-0.4, -0.2) is 33.7 Å². The Bertz CT molecular complexity index is 1450. The van der Waals surface area contributed by atoms with Gasteiger partial charge in [-0.05, 0) is 65.9 Å². The molecule has 186 valence electrons. The third-order valence-electron chi connectivity index (χ3n) is 6.80. The molecule has 3 aromatic rings. The number of benzene rings is 3. The van der Waals surface area contributed by atoms with Gasteiger partial charge in [0, 0.05) is 17.7 Å². The fraction of sp³-hybridized carbons (Fsp3) is 0.222. The highest BCUT2D eigenvalue weighted by Crippen LogP contribution is 2.50. The third-order valence-corrected chi connectivity index (χ3v) is 8.18. The van der Waals surface area contributed by atoms with Gasteiger partial charge in [0.2, 0.25) is 0 Å². The minimum absolute atomic E-state index is 0.0207. The van der Waals surface area contributed by atoms with Crippen molar-refractivity contribution in [3.63, 3.8) is 0 Å². The van der Waals surface area contributed by atoms with Gasteiger partial charge in [0.25, 0.3) is 10.0 Å². The molecule has 1 aliphatic heterocycles. The molecule has 1 heterocycles. The molecule has 0 radical (unpaired) electrons. The quantitative estimate of drug-likeness (QED) is 0.385. The van der Waals surface area contributed by atoms with Crippen molar-refractivity contribution in [2.45, 2.75) is 23.3 Å². The van der Waals surface area contributed by atoms with E-state index in [0.29, 0.717) is 17.2 Å². The molecule has 2 aliphatic rings. The van der Waals surface area contributed by atoms with Crippen molar-refractivity contribution in [3.8, 4) is 11.5 Å². The molecule has 0 bridgehead atoms. The van der Waals surface area contributed by atoms with Crippen LogP contribution >= 0.6 is 0 Å². The number of carboxylic acids is 1. The number of rotatable bonds is 7. The van der Waals surface area contributed by atoms with Crippen molar-refractivity contribution in [2.75, 3.05) is 24.3 Å². The van der Waals surface area contributed by atoms with Crippen LogP contribution in [0.3, 0.4) is 0 Å². The number of aromatic carboxylic acids is 1. The van der Waals surface area contributed by atoms with Crippen LogP contribution in [0.2, 0.25) is 0 Å². The Balaban J connectivity index is 1.44.